The van der Waals surface area contributed by atoms with Crippen molar-refractivity contribution < 1.29 is 4.39 Å². The lowest BCUT2D eigenvalue weighted by Crippen LogP contribution is -2.23. The van der Waals surface area contributed by atoms with E-state index in [9.17, 15) is 4.39 Å². The summed E-state index contributed by atoms with van der Waals surface area (Å²) in [4.78, 5) is 3.79. The number of nitrogens with one attached hydrogen (secondary N) is 1. The highest BCUT2D eigenvalue weighted by molar-refractivity contribution is 5.28. The number of hydrogen-bond acceptors (Lipinski definition) is 4. The molecular weight excluding hydrogens is 221 g/mol. The smallest absolute Gasteiger partial charge is 0.143 e. The van der Waals surface area contributed by atoms with E-state index in [1.54, 1.807) is 17.1 Å². The number of rotatable bonds is 4. The van der Waals surface area contributed by atoms with Crippen molar-refractivity contribution in [3.05, 3.63) is 36.2 Å². The highest BCUT2D eigenvalue weighted by atomic mass is 19.1. The molecule has 6 heteroatoms. The van der Waals surface area contributed by atoms with E-state index in [4.69, 9.17) is 0 Å². The molecule has 0 atom stereocenters. The minimum absolute atomic E-state index is 0.365. The van der Waals surface area contributed by atoms with Crippen LogP contribution >= 0.6 is 0 Å². The summed E-state index contributed by atoms with van der Waals surface area (Å²) in [5.41, 5.74) is 1.44. The van der Waals surface area contributed by atoms with Gasteiger partial charge in [0.15, 0.2) is 0 Å². The molecule has 2 heterocycles. The molecule has 0 aromatic carbocycles. The van der Waals surface area contributed by atoms with Gasteiger partial charge in [-0.1, -0.05) is 19.1 Å². The summed E-state index contributed by atoms with van der Waals surface area (Å²) in [5, 5.41) is 11.0. The third-order valence-electron chi connectivity index (χ3n) is 2.25. The SMILES string of the molecule is CC(C)NCc1cnnn1-c1cncc(F)c1. The second-order valence-electron chi connectivity index (χ2n) is 4.03. The lowest BCUT2D eigenvalue weighted by molar-refractivity contribution is 0.568. The normalized spacial score (nSPS) is 11.1. The van der Waals surface area contributed by atoms with Crippen LogP contribution in [0.1, 0.15) is 19.5 Å². The zero-order valence-electron chi connectivity index (χ0n) is 9.76. The number of nitrogens with zero attached hydrogens (tertiary/aromatic N) is 4. The summed E-state index contributed by atoms with van der Waals surface area (Å²) in [7, 11) is 0. The van der Waals surface area contributed by atoms with Crippen molar-refractivity contribution in [2.24, 2.45) is 0 Å². The quantitative estimate of drug-likeness (QED) is 0.867. The lowest BCUT2D eigenvalue weighted by Gasteiger charge is -2.09. The molecular formula is C11H14FN5. The maximum atomic E-state index is 13.1. The summed E-state index contributed by atoms with van der Waals surface area (Å²) in [6, 6.07) is 1.74. The van der Waals surface area contributed by atoms with Crippen molar-refractivity contribution in [2.45, 2.75) is 26.4 Å². The number of hydrogen-bond donors (Lipinski definition) is 1. The molecule has 90 valence electrons. The third-order valence-corrected chi connectivity index (χ3v) is 2.25. The Morgan fingerprint density at radius 3 is 2.88 bits per heavy atom. The molecule has 0 aliphatic heterocycles. The van der Waals surface area contributed by atoms with E-state index in [-0.39, 0.29) is 5.82 Å². The molecule has 5 nitrogen and oxygen atoms in total. The van der Waals surface area contributed by atoms with Crippen LogP contribution in [0.4, 0.5) is 4.39 Å². The van der Waals surface area contributed by atoms with Gasteiger partial charge in [0.25, 0.3) is 0 Å². The zero-order valence-corrected chi connectivity index (χ0v) is 9.76. The summed E-state index contributed by atoms with van der Waals surface area (Å²) in [6.45, 7) is 4.73. The average molecular weight is 235 g/mol. The highest BCUT2D eigenvalue weighted by Gasteiger charge is 2.07. The minimum Gasteiger partial charge on any atom is -0.309 e. The topological polar surface area (TPSA) is 55.6 Å². The van der Waals surface area contributed by atoms with Crippen LogP contribution in [0.2, 0.25) is 0 Å². The molecule has 0 unspecified atom stereocenters. The van der Waals surface area contributed by atoms with Gasteiger partial charge in [-0.15, -0.1) is 5.10 Å². The van der Waals surface area contributed by atoms with E-state index >= 15 is 0 Å². The van der Waals surface area contributed by atoms with Gasteiger partial charge in [-0.2, -0.15) is 0 Å². The Morgan fingerprint density at radius 2 is 2.18 bits per heavy atom. The van der Waals surface area contributed by atoms with Crippen LogP contribution in [0.15, 0.2) is 24.7 Å². The first-order valence-electron chi connectivity index (χ1n) is 5.40. The summed E-state index contributed by atoms with van der Waals surface area (Å²) >= 11 is 0. The molecule has 0 aliphatic carbocycles. The summed E-state index contributed by atoms with van der Waals surface area (Å²) in [6.07, 6.45) is 4.36. The van der Waals surface area contributed by atoms with Gasteiger partial charge in [0.05, 0.1) is 30.0 Å². The Bertz CT molecular complexity index is 494. The first-order valence-corrected chi connectivity index (χ1v) is 5.40. The van der Waals surface area contributed by atoms with Crippen LogP contribution in [0.3, 0.4) is 0 Å². The van der Waals surface area contributed by atoms with Gasteiger partial charge < -0.3 is 5.32 Å². The second-order valence-corrected chi connectivity index (χ2v) is 4.03. The molecule has 2 aromatic heterocycles. The van der Waals surface area contributed by atoms with Crippen LogP contribution < -0.4 is 5.32 Å². The van der Waals surface area contributed by atoms with Crippen LogP contribution in [0, 0.1) is 5.82 Å². The fourth-order valence-electron chi connectivity index (χ4n) is 1.42. The Labute approximate surface area is 98.7 Å². The lowest BCUT2D eigenvalue weighted by atomic mass is 10.3. The van der Waals surface area contributed by atoms with Gasteiger partial charge in [0.1, 0.15) is 5.82 Å². The number of aromatic nitrogens is 4. The Morgan fingerprint density at radius 1 is 1.35 bits per heavy atom. The van der Waals surface area contributed by atoms with Crippen molar-refractivity contribution >= 4 is 0 Å². The zero-order chi connectivity index (χ0) is 12.3. The van der Waals surface area contributed by atoms with E-state index in [1.807, 2.05) is 0 Å². The monoisotopic (exact) mass is 235 g/mol. The standard InChI is InChI=1S/C11H14FN5/c1-8(2)14-6-11-7-15-16-17(11)10-3-9(12)4-13-5-10/h3-5,7-8,14H,6H2,1-2H3. The van der Waals surface area contributed by atoms with Crippen LogP contribution in [-0.2, 0) is 6.54 Å². The predicted octanol–water partition coefficient (Wildman–Crippen LogP) is 1.30. The van der Waals surface area contributed by atoms with E-state index < -0.39 is 0 Å². The molecule has 0 spiro atoms. The van der Waals surface area contributed by atoms with Gasteiger partial charge >= 0.3 is 0 Å². The van der Waals surface area contributed by atoms with Crippen molar-refractivity contribution in [3.8, 4) is 5.69 Å². The van der Waals surface area contributed by atoms with Gasteiger partial charge in [-0.25, -0.2) is 9.07 Å². The van der Waals surface area contributed by atoms with Crippen molar-refractivity contribution in [2.75, 3.05) is 0 Å². The Hall–Kier alpha value is -1.82. The fourth-order valence-corrected chi connectivity index (χ4v) is 1.42. The fraction of sp³-hybridized carbons (Fsp3) is 0.364. The second kappa shape index (κ2) is 5.01. The van der Waals surface area contributed by atoms with Crippen molar-refractivity contribution in [1.29, 1.82) is 0 Å². The van der Waals surface area contributed by atoms with Gasteiger partial charge in [0.2, 0.25) is 0 Å². The van der Waals surface area contributed by atoms with E-state index in [2.05, 4.69) is 34.5 Å². The first kappa shape index (κ1) is 11.7. The molecule has 1 N–H and O–H groups in total. The molecule has 0 saturated heterocycles. The molecule has 2 rings (SSSR count). The average Bonchev–Trinajstić information content (AvgIpc) is 2.74. The van der Waals surface area contributed by atoms with Gasteiger partial charge in [-0.05, 0) is 0 Å². The first-order chi connectivity index (χ1) is 8.16. The Kier molecular flexibility index (Phi) is 3.43. The molecule has 0 bridgehead atoms. The van der Waals surface area contributed by atoms with Crippen LogP contribution in [0.25, 0.3) is 5.69 Å². The minimum atomic E-state index is -0.388. The van der Waals surface area contributed by atoms with Gasteiger partial charge in [0, 0.05) is 18.7 Å². The summed E-state index contributed by atoms with van der Waals surface area (Å²) < 4.78 is 14.6. The molecule has 0 aliphatic rings. The third kappa shape index (κ3) is 2.85. The molecule has 17 heavy (non-hydrogen) atoms. The number of halogens is 1. The molecule has 0 saturated carbocycles. The van der Waals surface area contributed by atoms with Crippen molar-refractivity contribution in [3.63, 3.8) is 0 Å². The maximum Gasteiger partial charge on any atom is 0.143 e. The Balaban J connectivity index is 2.24. The maximum absolute atomic E-state index is 13.1. The van der Waals surface area contributed by atoms with E-state index in [0.717, 1.165) is 11.9 Å². The molecule has 0 radical (unpaired) electrons. The van der Waals surface area contributed by atoms with Gasteiger partial charge in [-0.3, -0.25) is 4.98 Å². The largest absolute Gasteiger partial charge is 0.309 e. The number of pyridine rings is 1. The van der Waals surface area contributed by atoms with E-state index in [1.165, 1.54) is 6.07 Å². The predicted molar refractivity (Wildman–Crippen MR) is 61.1 cm³/mol. The molecule has 0 fully saturated rings. The highest BCUT2D eigenvalue weighted by Crippen LogP contribution is 2.09. The molecule has 2 aromatic rings. The summed E-state index contributed by atoms with van der Waals surface area (Å²) in [5.74, 6) is -0.388. The van der Waals surface area contributed by atoms with Crippen molar-refractivity contribution in [1.82, 2.24) is 25.3 Å². The van der Waals surface area contributed by atoms with Crippen LogP contribution in [-0.4, -0.2) is 26.0 Å². The molecule has 0 amide bonds. The van der Waals surface area contributed by atoms with E-state index in [0.29, 0.717) is 18.3 Å². The van der Waals surface area contributed by atoms with Crippen LogP contribution in [0.5, 0.6) is 0 Å².